The first kappa shape index (κ1) is 14.3. The van der Waals surface area contributed by atoms with Gasteiger partial charge in [0.1, 0.15) is 5.03 Å². The molecule has 1 aromatic carbocycles. The largest absolute Gasteiger partial charge is 0.478 e. The minimum atomic E-state index is -1.21. The first-order valence-corrected chi connectivity index (χ1v) is 6.48. The van der Waals surface area contributed by atoms with Crippen LogP contribution in [0.3, 0.4) is 0 Å². The standard InChI is InChI=1S/C12H7ClN2O4S/c13-8-2-4-11(14-6-8)20-10-3-1-7(12(16)17)5-9(10)15(18)19/h1-6H,(H,16,17). The Morgan fingerprint density at radius 3 is 2.65 bits per heavy atom. The summed E-state index contributed by atoms with van der Waals surface area (Å²) in [5.41, 5.74) is -0.406. The van der Waals surface area contributed by atoms with Gasteiger partial charge in [0.25, 0.3) is 5.69 Å². The van der Waals surface area contributed by atoms with Crippen LogP contribution in [0.25, 0.3) is 0 Å². The number of carbonyl (C=O) groups is 1. The van der Waals surface area contributed by atoms with E-state index < -0.39 is 10.9 Å². The number of hydrogen-bond acceptors (Lipinski definition) is 5. The highest BCUT2D eigenvalue weighted by Crippen LogP contribution is 2.34. The van der Waals surface area contributed by atoms with E-state index in [4.69, 9.17) is 16.7 Å². The summed E-state index contributed by atoms with van der Waals surface area (Å²) in [7, 11) is 0. The van der Waals surface area contributed by atoms with Gasteiger partial charge in [0.05, 0.1) is 20.4 Å². The van der Waals surface area contributed by atoms with Gasteiger partial charge in [-0.2, -0.15) is 0 Å². The Kier molecular flexibility index (Phi) is 4.21. The van der Waals surface area contributed by atoms with Gasteiger partial charge in [0, 0.05) is 12.3 Å². The van der Waals surface area contributed by atoms with Crippen LogP contribution in [-0.4, -0.2) is 21.0 Å². The van der Waals surface area contributed by atoms with Gasteiger partial charge in [-0.05, 0) is 24.3 Å². The fraction of sp³-hybridized carbons (Fsp3) is 0. The highest BCUT2D eigenvalue weighted by molar-refractivity contribution is 7.99. The third-order valence-corrected chi connectivity index (χ3v) is 3.56. The number of halogens is 1. The van der Waals surface area contributed by atoms with Gasteiger partial charge in [-0.25, -0.2) is 9.78 Å². The van der Waals surface area contributed by atoms with E-state index in [0.29, 0.717) is 14.9 Å². The van der Waals surface area contributed by atoms with Crippen LogP contribution < -0.4 is 0 Å². The van der Waals surface area contributed by atoms with Crippen LogP contribution in [0.4, 0.5) is 5.69 Å². The molecule has 102 valence electrons. The fourth-order valence-corrected chi connectivity index (χ4v) is 2.37. The summed E-state index contributed by atoms with van der Waals surface area (Å²) in [6.07, 6.45) is 1.43. The molecule has 0 atom stereocenters. The first-order valence-electron chi connectivity index (χ1n) is 5.28. The number of benzene rings is 1. The van der Waals surface area contributed by atoms with Crippen LogP contribution in [0.15, 0.2) is 46.5 Å². The highest BCUT2D eigenvalue weighted by Gasteiger charge is 2.18. The quantitative estimate of drug-likeness (QED) is 0.686. The molecule has 0 spiro atoms. The molecule has 0 unspecified atom stereocenters. The van der Waals surface area contributed by atoms with E-state index in [1.54, 1.807) is 12.1 Å². The Morgan fingerprint density at radius 1 is 1.35 bits per heavy atom. The SMILES string of the molecule is O=C(O)c1ccc(Sc2ccc(Cl)cn2)c([N+](=O)[O-])c1. The van der Waals surface area contributed by atoms with Crippen molar-refractivity contribution in [1.82, 2.24) is 4.98 Å². The zero-order chi connectivity index (χ0) is 14.7. The normalized spacial score (nSPS) is 10.2. The van der Waals surface area contributed by atoms with Crippen LogP contribution >= 0.6 is 23.4 Å². The van der Waals surface area contributed by atoms with E-state index in [0.717, 1.165) is 17.8 Å². The zero-order valence-corrected chi connectivity index (χ0v) is 11.4. The number of rotatable bonds is 4. The Morgan fingerprint density at radius 2 is 2.10 bits per heavy atom. The van der Waals surface area contributed by atoms with Gasteiger partial charge in [0.15, 0.2) is 0 Å². The molecule has 0 saturated carbocycles. The number of aromatic carboxylic acids is 1. The fourth-order valence-electron chi connectivity index (χ4n) is 1.41. The zero-order valence-electron chi connectivity index (χ0n) is 9.82. The smallest absolute Gasteiger partial charge is 0.335 e. The third kappa shape index (κ3) is 3.25. The molecular weight excluding hydrogens is 304 g/mol. The molecule has 0 radical (unpaired) electrons. The van der Waals surface area contributed by atoms with E-state index in [2.05, 4.69) is 4.98 Å². The topological polar surface area (TPSA) is 93.3 Å². The van der Waals surface area contributed by atoms with Gasteiger partial charge in [0.2, 0.25) is 0 Å². The second-order valence-corrected chi connectivity index (χ2v) is 5.16. The maximum Gasteiger partial charge on any atom is 0.335 e. The van der Waals surface area contributed by atoms with E-state index in [1.807, 2.05) is 0 Å². The third-order valence-electron chi connectivity index (χ3n) is 2.32. The molecule has 0 fully saturated rings. The molecule has 0 aliphatic rings. The maximum absolute atomic E-state index is 11.0. The molecule has 6 nitrogen and oxygen atoms in total. The van der Waals surface area contributed by atoms with Crippen molar-refractivity contribution in [3.63, 3.8) is 0 Å². The van der Waals surface area contributed by atoms with E-state index in [9.17, 15) is 14.9 Å². The van der Waals surface area contributed by atoms with Gasteiger partial charge in [-0.1, -0.05) is 23.4 Å². The average molecular weight is 311 g/mol. The summed E-state index contributed by atoms with van der Waals surface area (Å²) < 4.78 is 0. The lowest BCUT2D eigenvalue weighted by Gasteiger charge is -2.03. The lowest BCUT2D eigenvalue weighted by atomic mass is 10.2. The molecule has 0 saturated heterocycles. The van der Waals surface area contributed by atoms with Gasteiger partial charge in [-0.15, -0.1) is 0 Å². The Bertz CT molecular complexity index is 676. The Labute approximate surface area is 122 Å². The van der Waals surface area contributed by atoms with Crippen LogP contribution in [-0.2, 0) is 0 Å². The second-order valence-electron chi connectivity index (χ2n) is 3.66. The van der Waals surface area contributed by atoms with E-state index in [-0.39, 0.29) is 11.3 Å². The van der Waals surface area contributed by atoms with Crippen LogP contribution in [0.1, 0.15) is 10.4 Å². The molecule has 1 heterocycles. The number of carboxylic acid groups (broad SMARTS) is 1. The number of nitro benzene ring substituents is 1. The molecule has 1 aromatic heterocycles. The van der Waals surface area contributed by atoms with Crippen molar-refractivity contribution >= 4 is 35.0 Å². The molecule has 20 heavy (non-hydrogen) atoms. The number of aromatic nitrogens is 1. The van der Waals surface area contributed by atoms with Crippen molar-refractivity contribution in [1.29, 1.82) is 0 Å². The van der Waals surface area contributed by atoms with Crippen LogP contribution in [0.2, 0.25) is 5.02 Å². The van der Waals surface area contributed by atoms with Gasteiger partial charge >= 0.3 is 5.97 Å². The lowest BCUT2D eigenvalue weighted by molar-refractivity contribution is -0.387. The summed E-state index contributed by atoms with van der Waals surface area (Å²) in [4.78, 5) is 25.5. The molecule has 0 aliphatic heterocycles. The molecule has 1 N–H and O–H groups in total. The Hall–Kier alpha value is -2.12. The van der Waals surface area contributed by atoms with Crippen molar-refractivity contribution in [2.24, 2.45) is 0 Å². The van der Waals surface area contributed by atoms with Crippen molar-refractivity contribution < 1.29 is 14.8 Å². The van der Waals surface area contributed by atoms with Crippen molar-refractivity contribution in [3.8, 4) is 0 Å². The van der Waals surface area contributed by atoms with Gasteiger partial charge < -0.3 is 5.11 Å². The number of nitrogens with zero attached hydrogens (tertiary/aromatic N) is 2. The minimum absolute atomic E-state index is 0.134. The predicted octanol–water partition coefficient (Wildman–Crippen LogP) is 3.49. The van der Waals surface area contributed by atoms with Crippen LogP contribution in [0.5, 0.6) is 0 Å². The molecule has 0 bridgehead atoms. The monoisotopic (exact) mass is 310 g/mol. The number of carboxylic acids is 1. The first-order chi connectivity index (χ1) is 9.47. The molecule has 8 heteroatoms. The van der Waals surface area contributed by atoms with E-state index in [1.165, 1.54) is 18.3 Å². The summed E-state index contributed by atoms with van der Waals surface area (Å²) >= 11 is 6.77. The average Bonchev–Trinajstić information content (AvgIpc) is 2.41. The lowest BCUT2D eigenvalue weighted by Crippen LogP contribution is -1.99. The van der Waals surface area contributed by atoms with Crippen LogP contribution in [0, 0.1) is 10.1 Å². The Balaban J connectivity index is 2.38. The molecule has 0 aliphatic carbocycles. The summed E-state index contributed by atoms with van der Waals surface area (Å²) in [5, 5.41) is 20.8. The molecule has 2 rings (SSSR count). The molecular formula is C12H7ClN2O4S. The molecule has 0 amide bonds. The highest BCUT2D eigenvalue weighted by atomic mass is 35.5. The number of hydrogen-bond donors (Lipinski definition) is 1. The van der Waals surface area contributed by atoms with Crippen molar-refractivity contribution in [2.75, 3.05) is 0 Å². The summed E-state index contributed by atoms with van der Waals surface area (Å²) in [5.74, 6) is -1.21. The van der Waals surface area contributed by atoms with E-state index >= 15 is 0 Å². The van der Waals surface area contributed by atoms with Gasteiger partial charge in [-0.3, -0.25) is 10.1 Å². The molecule has 2 aromatic rings. The second kappa shape index (κ2) is 5.89. The van der Waals surface area contributed by atoms with Crippen molar-refractivity contribution in [3.05, 3.63) is 57.2 Å². The number of nitro groups is 1. The maximum atomic E-state index is 11.0. The summed E-state index contributed by atoms with van der Waals surface area (Å²) in [6.45, 7) is 0. The minimum Gasteiger partial charge on any atom is -0.478 e. The number of pyridine rings is 1. The van der Waals surface area contributed by atoms with Crippen molar-refractivity contribution in [2.45, 2.75) is 9.92 Å². The summed E-state index contributed by atoms with van der Waals surface area (Å²) in [6, 6.07) is 6.98. The predicted molar refractivity (Wildman–Crippen MR) is 73.4 cm³/mol.